The smallest absolute Gasteiger partial charge is 0.0175 e. The third-order valence-corrected chi connectivity index (χ3v) is 2.67. The van der Waals surface area contributed by atoms with Gasteiger partial charge in [0.05, 0.1) is 0 Å². The molecule has 0 radical (unpaired) electrons. The Bertz CT molecular complexity index is 260. The Morgan fingerprint density at radius 3 is 2.17 bits per heavy atom. The second-order valence-electron chi connectivity index (χ2n) is 3.06. The first-order chi connectivity index (χ1) is 5.27. The molecule has 66 valence electrons. The predicted octanol–water partition coefficient (Wildman–Crippen LogP) is 2.69. The van der Waals surface area contributed by atoms with Crippen molar-refractivity contribution in [2.45, 2.75) is 18.4 Å². The first-order valence-corrected chi connectivity index (χ1v) is 4.58. The molecule has 0 amide bonds. The van der Waals surface area contributed by atoms with Crippen molar-refractivity contribution >= 4 is 28.3 Å². The molecule has 0 unspecified atom stereocenters. The lowest BCUT2D eigenvalue weighted by Gasteiger charge is -1.96. The Labute approximate surface area is 86.9 Å². The Morgan fingerprint density at radius 1 is 1.25 bits per heavy atom. The minimum atomic E-state index is 0. The molecule has 1 saturated carbocycles. The fourth-order valence-electron chi connectivity index (χ4n) is 1.31. The van der Waals surface area contributed by atoms with Crippen molar-refractivity contribution in [2.24, 2.45) is 5.73 Å². The molecule has 1 aromatic carbocycles. The summed E-state index contributed by atoms with van der Waals surface area (Å²) in [6.45, 7) is 0. The maximum atomic E-state index is 5.72. The second kappa shape index (κ2) is 3.77. The van der Waals surface area contributed by atoms with E-state index in [0.717, 1.165) is 10.9 Å². The maximum Gasteiger partial charge on any atom is 0.0175 e. The summed E-state index contributed by atoms with van der Waals surface area (Å²) in [4.78, 5) is 0. The maximum absolute atomic E-state index is 5.72. The predicted molar refractivity (Wildman–Crippen MR) is 56.7 cm³/mol. The van der Waals surface area contributed by atoms with Crippen molar-refractivity contribution in [1.29, 1.82) is 0 Å². The van der Waals surface area contributed by atoms with Gasteiger partial charge >= 0.3 is 0 Å². The number of hydrogen-bond acceptors (Lipinski definition) is 1. The third-order valence-electron chi connectivity index (χ3n) is 2.14. The molecule has 1 aliphatic carbocycles. The first-order valence-electron chi connectivity index (χ1n) is 3.78. The highest BCUT2D eigenvalue weighted by Crippen LogP contribution is 2.38. The number of benzene rings is 1. The van der Waals surface area contributed by atoms with Crippen LogP contribution in [0.4, 0.5) is 0 Å². The molecule has 12 heavy (non-hydrogen) atoms. The van der Waals surface area contributed by atoms with Crippen LogP contribution in [0.2, 0.25) is 0 Å². The number of nitrogens with two attached hydrogens (primary N) is 1. The van der Waals surface area contributed by atoms with E-state index in [1.54, 1.807) is 0 Å². The summed E-state index contributed by atoms with van der Waals surface area (Å²) < 4.78 is 1.13. The zero-order valence-electron chi connectivity index (χ0n) is 6.53. The lowest BCUT2D eigenvalue weighted by molar-refractivity contribution is 0.990. The zero-order chi connectivity index (χ0) is 7.84. The van der Waals surface area contributed by atoms with E-state index in [-0.39, 0.29) is 12.4 Å². The van der Waals surface area contributed by atoms with Crippen LogP contribution in [0.25, 0.3) is 0 Å². The number of hydrogen-bond donors (Lipinski definition) is 1. The standard InChI is InChI=1S/C9H10BrN.ClH/c10-7-3-1-6(2-4-7)8-5-9(8)11;/h1-4,8-9H,5,11H2;1H/t8-,9+;/m0./s1. The minimum absolute atomic E-state index is 0. The van der Waals surface area contributed by atoms with Gasteiger partial charge in [-0.15, -0.1) is 12.4 Å². The number of halogens is 2. The third kappa shape index (κ3) is 2.00. The van der Waals surface area contributed by atoms with Gasteiger partial charge in [0.25, 0.3) is 0 Å². The molecule has 2 rings (SSSR count). The summed E-state index contributed by atoms with van der Waals surface area (Å²) in [6.07, 6.45) is 1.15. The van der Waals surface area contributed by atoms with Gasteiger partial charge in [-0.05, 0) is 24.1 Å². The molecule has 2 atom stereocenters. The summed E-state index contributed by atoms with van der Waals surface area (Å²) in [5, 5.41) is 0. The van der Waals surface area contributed by atoms with Crippen LogP contribution in [0.3, 0.4) is 0 Å². The van der Waals surface area contributed by atoms with Crippen LogP contribution in [-0.2, 0) is 0 Å². The highest BCUT2D eigenvalue weighted by Gasteiger charge is 2.34. The van der Waals surface area contributed by atoms with Gasteiger partial charge < -0.3 is 5.73 Å². The van der Waals surface area contributed by atoms with E-state index < -0.39 is 0 Å². The highest BCUT2D eigenvalue weighted by molar-refractivity contribution is 9.10. The SMILES string of the molecule is Cl.N[C@@H]1C[C@H]1c1ccc(Br)cc1. The van der Waals surface area contributed by atoms with Gasteiger partial charge in [0.2, 0.25) is 0 Å². The van der Waals surface area contributed by atoms with Gasteiger partial charge in [-0.25, -0.2) is 0 Å². The quantitative estimate of drug-likeness (QED) is 0.812. The average Bonchev–Trinajstić information content (AvgIpc) is 2.69. The van der Waals surface area contributed by atoms with E-state index in [1.165, 1.54) is 5.56 Å². The van der Waals surface area contributed by atoms with Crippen molar-refractivity contribution < 1.29 is 0 Å². The zero-order valence-corrected chi connectivity index (χ0v) is 8.94. The van der Waals surface area contributed by atoms with Gasteiger partial charge in [0, 0.05) is 16.4 Å². The molecular weight excluding hydrogens is 237 g/mol. The summed E-state index contributed by atoms with van der Waals surface area (Å²) in [5.41, 5.74) is 7.10. The van der Waals surface area contributed by atoms with Gasteiger partial charge in [-0.2, -0.15) is 0 Å². The van der Waals surface area contributed by atoms with Crippen LogP contribution in [0.15, 0.2) is 28.7 Å². The lowest BCUT2D eigenvalue weighted by Crippen LogP contribution is -2.00. The summed E-state index contributed by atoms with van der Waals surface area (Å²) in [6, 6.07) is 8.83. The first kappa shape index (κ1) is 10.0. The van der Waals surface area contributed by atoms with Crippen LogP contribution in [0.1, 0.15) is 17.9 Å². The van der Waals surface area contributed by atoms with Crippen molar-refractivity contribution in [3.8, 4) is 0 Å². The second-order valence-corrected chi connectivity index (χ2v) is 3.97. The number of rotatable bonds is 1. The molecule has 0 saturated heterocycles. The fourth-order valence-corrected chi connectivity index (χ4v) is 1.57. The van der Waals surface area contributed by atoms with Gasteiger partial charge in [0.15, 0.2) is 0 Å². The normalized spacial score (nSPS) is 26.2. The van der Waals surface area contributed by atoms with E-state index >= 15 is 0 Å². The highest BCUT2D eigenvalue weighted by atomic mass is 79.9. The molecule has 0 aromatic heterocycles. The topological polar surface area (TPSA) is 26.0 Å². The fraction of sp³-hybridized carbons (Fsp3) is 0.333. The van der Waals surface area contributed by atoms with Crippen molar-refractivity contribution in [3.05, 3.63) is 34.3 Å². The Hall–Kier alpha value is -0.0500. The molecule has 0 bridgehead atoms. The van der Waals surface area contributed by atoms with Gasteiger partial charge in [-0.3, -0.25) is 0 Å². The molecule has 1 aromatic rings. The van der Waals surface area contributed by atoms with E-state index in [9.17, 15) is 0 Å². The van der Waals surface area contributed by atoms with Gasteiger partial charge in [0.1, 0.15) is 0 Å². The molecule has 0 heterocycles. The Morgan fingerprint density at radius 2 is 1.75 bits per heavy atom. The summed E-state index contributed by atoms with van der Waals surface area (Å²) in [7, 11) is 0. The average molecular weight is 249 g/mol. The van der Waals surface area contributed by atoms with Crippen molar-refractivity contribution in [2.75, 3.05) is 0 Å². The molecule has 1 aliphatic rings. The molecule has 2 N–H and O–H groups in total. The van der Waals surface area contributed by atoms with Crippen LogP contribution in [-0.4, -0.2) is 6.04 Å². The molecule has 1 fully saturated rings. The van der Waals surface area contributed by atoms with Crippen molar-refractivity contribution in [1.82, 2.24) is 0 Å². The molecule has 0 aliphatic heterocycles. The van der Waals surface area contributed by atoms with E-state index in [2.05, 4.69) is 40.2 Å². The van der Waals surface area contributed by atoms with E-state index in [0.29, 0.717) is 12.0 Å². The minimum Gasteiger partial charge on any atom is -0.327 e. The monoisotopic (exact) mass is 247 g/mol. The largest absolute Gasteiger partial charge is 0.327 e. The molecule has 0 spiro atoms. The lowest BCUT2D eigenvalue weighted by atomic mass is 10.1. The summed E-state index contributed by atoms with van der Waals surface area (Å²) in [5.74, 6) is 0.628. The van der Waals surface area contributed by atoms with Crippen LogP contribution >= 0.6 is 28.3 Å². The molecular formula is C9H11BrClN. The van der Waals surface area contributed by atoms with E-state index in [1.807, 2.05) is 0 Å². The van der Waals surface area contributed by atoms with Gasteiger partial charge in [-0.1, -0.05) is 28.1 Å². The van der Waals surface area contributed by atoms with E-state index in [4.69, 9.17) is 5.73 Å². The summed E-state index contributed by atoms with van der Waals surface area (Å²) >= 11 is 3.40. The molecule has 3 heteroatoms. The van der Waals surface area contributed by atoms with Crippen LogP contribution in [0, 0.1) is 0 Å². The van der Waals surface area contributed by atoms with Crippen LogP contribution < -0.4 is 5.73 Å². The Balaban J connectivity index is 0.000000720. The van der Waals surface area contributed by atoms with Crippen molar-refractivity contribution in [3.63, 3.8) is 0 Å². The Kier molecular flexibility index (Phi) is 3.16. The van der Waals surface area contributed by atoms with Crippen LogP contribution in [0.5, 0.6) is 0 Å². The molecule has 1 nitrogen and oxygen atoms in total.